The molecule has 0 spiro atoms. The lowest BCUT2D eigenvalue weighted by atomic mass is 10.2. The Bertz CT molecular complexity index is 617. The molecule has 0 saturated heterocycles. The molecule has 110 valence electrons. The Kier molecular flexibility index (Phi) is 4.25. The van der Waals surface area contributed by atoms with Gasteiger partial charge in [0.25, 0.3) is 9.05 Å². The van der Waals surface area contributed by atoms with Crippen molar-refractivity contribution < 1.29 is 17.9 Å². The van der Waals surface area contributed by atoms with Crippen LogP contribution in [0, 0.1) is 5.92 Å². The van der Waals surface area contributed by atoms with Crippen LogP contribution in [0.4, 0.5) is 0 Å². The number of hydrogen-bond acceptors (Lipinski definition) is 4. The van der Waals surface area contributed by atoms with E-state index in [1.807, 2.05) is 0 Å². The molecule has 1 amide bonds. The Labute approximate surface area is 122 Å². The minimum absolute atomic E-state index is 0.00432. The van der Waals surface area contributed by atoms with Crippen LogP contribution in [-0.4, -0.2) is 32.9 Å². The molecule has 2 unspecified atom stereocenters. The molecule has 7 heteroatoms. The molecule has 0 bridgehead atoms. The molecular formula is C13H16ClNO4S. The number of nitrogens with zero attached hydrogens (tertiary/aromatic N) is 1. The van der Waals surface area contributed by atoms with Gasteiger partial charge >= 0.3 is 0 Å². The Morgan fingerprint density at radius 1 is 1.50 bits per heavy atom. The van der Waals surface area contributed by atoms with Gasteiger partial charge in [0.2, 0.25) is 6.41 Å². The van der Waals surface area contributed by atoms with Gasteiger partial charge in [-0.2, -0.15) is 0 Å². The van der Waals surface area contributed by atoms with Gasteiger partial charge in [-0.15, -0.1) is 0 Å². The molecule has 0 aliphatic heterocycles. The summed E-state index contributed by atoms with van der Waals surface area (Å²) in [6.07, 6.45) is 1.75. The third-order valence-corrected chi connectivity index (χ3v) is 4.87. The standard InChI is InChI=1S/C13H16ClNO4S/c1-9-5-12(9)15(8-16)7-10-6-11(20(14,17)18)3-4-13(10)19-2/h3-4,6,8-9,12H,5,7H2,1-2H3. The molecule has 1 aromatic rings. The maximum Gasteiger partial charge on any atom is 0.261 e. The lowest BCUT2D eigenvalue weighted by molar-refractivity contribution is -0.119. The van der Waals surface area contributed by atoms with E-state index in [0.717, 1.165) is 12.8 Å². The van der Waals surface area contributed by atoms with E-state index >= 15 is 0 Å². The predicted octanol–water partition coefficient (Wildman–Crippen LogP) is 1.99. The van der Waals surface area contributed by atoms with Gasteiger partial charge < -0.3 is 9.64 Å². The second-order valence-corrected chi connectivity index (χ2v) is 7.54. The molecule has 0 aromatic heterocycles. The van der Waals surface area contributed by atoms with Crippen molar-refractivity contribution in [1.29, 1.82) is 0 Å². The number of carbonyl (C=O) groups is 1. The van der Waals surface area contributed by atoms with E-state index in [1.165, 1.54) is 19.2 Å². The number of hydrogen-bond donors (Lipinski definition) is 0. The molecule has 1 fully saturated rings. The Hall–Kier alpha value is -1.27. The molecule has 2 rings (SSSR count). The second kappa shape index (κ2) is 5.61. The molecular weight excluding hydrogens is 302 g/mol. The summed E-state index contributed by atoms with van der Waals surface area (Å²) in [6, 6.07) is 4.60. The first-order valence-electron chi connectivity index (χ1n) is 6.19. The van der Waals surface area contributed by atoms with Crippen LogP contribution in [0.15, 0.2) is 23.1 Å². The summed E-state index contributed by atoms with van der Waals surface area (Å²) in [7, 11) is 3.04. The highest BCUT2D eigenvalue weighted by Crippen LogP contribution is 2.36. The van der Waals surface area contributed by atoms with Crippen LogP contribution in [0.1, 0.15) is 18.9 Å². The lowest BCUT2D eigenvalue weighted by Crippen LogP contribution is -2.25. The van der Waals surface area contributed by atoms with E-state index in [1.54, 1.807) is 11.0 Å². The van der Waals surface area contributed by atoms with Gasteiger partial charge in [0.15, 0.2) is 0 Å². The number of halogens is 1. The molecule has 2 atom stereocenters. The van der Waals surface area contributed by atoms with E-state index in [2.05, 4.69) is 6.92 Å². The minimum atomic E-state index is -3.80. The van der Waals surface area contributed by atoms with Crippen molar-refractivity contribution in [2.75, 3.05) is 7.11 Å². The van der Waals surface area contributed by atoms with Crippen molar-refractivity contribution in [1.82, 2.24) is 4.90 Å². The smallest absolute Gasteiger partial charge is 0.261 e. The highest BCUT2D eigenvalue weighted by Gasteiger charge is 2.37. The molecule has 1 aliphatic rings. The van der Waals surface area contributed by atoms with Gasteiger partial charge in [-0.05, 0) is 30.5 Å². The Balaban J connectivity index is 2.31. The molecule has 1 saturated carbocycles. The topological polar surface area (TPSA) is 63.7 Å². The normalized spacial score (nSPS) is 21.4. The van der Waals surface area contributed by atoms with Crippen molar-refractivity contribution in [3.05, 3.63) is 23.8 Å². The number of carbonyl (C=O) groups excluding carboxylic acids is 1. The van der Waals surface area contributed by atoms with Crippen LogP contribution < -0.4 is 4.74 Å². The highest BCUT2D eigenvalue weighted by atomic mass is 35.7. The fourth-order valence-electron chi connectivity index (χ4n) is 2.22. The predicted molar refractivity (Wildman–Crippen MR) is 75.2 cm³/mol. The molecule has 1 aromatic carbocycles. The molecule has 0 N–H and O–H groups in total. The summed E-state index contributed by atoms with van der Waals surface area (Å²) in [5.41, 5.74) is 0.625. The van der Waals surface area contributed by atoms with Crippen LogP contribution in [-0.2, 0) is 20.4 Å². The van der Waals surface area contributed by atoms with Gasteiger partial charge in [-0.1, -0.05) is 6.92 Å². The van der Waals surface area contributed by atoms with Crippen LogP contribution in [0.5, 0.6) is 5.75 Å². The van der Waals surface area contributed by atoms with Crippen LogP contribution in [0.25, 0.3) is 0 Å². The van der Waals surface area contributed by atoms with E-state index < -0.39 is 9.05 Å². The Morgan fingerprint density at radius 3 is 2.60 bits per heavy atom. The number of benzene rings is 1. The maximum absolute atomic E-state index is 11.4. The summed E-state index contributed by atoms with van der Waals surface area (Å²) in [5.74, 6) is 1.01. The third-order valence-electron chi connectivity index (χ3n) is 3.51. The van der Waals surface area contributed by atoms with E-state index in [4.69, 9.17) is 15.4 Å². The monoisotopic (exact) mass is 317 g/mol. The summed E-state index contributed by atoms with van der Waals surface area (Å²) in [6.45, 7) is 2.37. The van der Waals surface area contributed by atoms with Gasteiger partial charge in [0, 0.05) is 28.8 Å². The molecule has 5 nitrogen and oxygen atoms in total. The van der Waals surface area contributed by atoms with Gasteiger partial charge in [0.1, 0.15) is 5.75 Å². The zero-order chi connectivity index (χ0) is 14.9. The largest absolute Gasteiger partial charge is 0.496 e. The molecule has 20 heavy (non-hydrogen) atoms. The van der Waals surface area contributed by atoms with E-state index in [9.17, 15) is 13.2 Å². The maximum atomic E-state index is 11.4. The summed E-state index contributed by atoms with van der Waals surface area (Å²) < 4.78 is 28.0. The molecule has 0 heterocycles. The van der Waals surface area contributed by atoms with Crippen molar-refractivity contribution >= 4 is 26.1 Å². The summed E-state index contributed by atoms with van der Waals surface area (Å²) in [5, 5.41) is 0. The highest BCUT2D eigenvalue weighted by molar-refractivity contribution is 8.13. The Morgan fingerprint density at radius 2 is 2.15 bits per heavy atom. The minimum Gasteiger partial charge on any atom is -0.496 e. The fourth-order valence-corrected chi connectivity index (χ4v) is 3.03. The van der Waals surface area contributed by atoms with Crippen molar-refractivity contribution in [3.8, 4) is 5.75 Å². The number of amides is 1. The summed E-state index contributed by atoms with van der Waals surface area (Å²) in [4.78, 5) is 12.8. The quantitative estimate of drug-likeness (QED) is 0.594. The average Bonchev–Trinajstić information content (AvgIpc) is 3.11. The third kappa shape index (κ3) is 3.24. The van der Waals surface area contributed by atoms with Gasteiger partial charge in [-0.25, -0.2) is 8.42 Å². The molecule has 0 radical (unpaired) electrons. The second-order valence-electron chi connectivity index (χ2n) is 4.97. The first-order chi connectivity index (χ1) is 9.36. The first-order valence-corrected chi connectivity index (χ1v) is 8.50. The first kappa shape index (κ1) is 15.1. The van der Waals surface area contributed by atoms with E-state index in [-0.39, 0.29) is 10.9 Å². The number of ether oxygens (including phenoxy) is 1. The zero-order valence-corrected chi connectivity index (χ0v) is 12.8. The van der Waals surface area contributed by atoms with Crippen LogP contribution >= 0.6 is 10.7 Å². The van der Waals surface area contributed by atoms with Crippen molar-refractivity contribution in [2.45, 2.75) is 30.8 Å². The SMILES string of the molecule is COc1ccc(S(=O)(=O)Cl)cc1CN(C=O)C1CC1C. The fraction of sp³-hybridized carbons (Fsp3) is 0.462. The van der Waals surface area contributed by atoms with Crippen molar-refractivity contribution in [2.24, 2.45) is 5.92 Å². The van der Waals surface area contributed by atoms with E-state index in [0.29, 0.717) is 23.8 Å². The van der Waals surface area contributed by atoms with Crippen LogP contribution in [0.3, 0.4) is 0 Å². The number of methoxy groups -OCH3 is 1. The zero-order valence-electron chi connectivity index (χ0n) is 11.2. The van der Waals surface area contributed by atoms with Crippen molar-refractivity contribution in [3.63, 3.8) is 0 Å². The summed E-state index contributed by atoms with van der Waals surface area (Å²) >= 11 is 0. The average molecular weight is 318 g/mol. The van der Waals surface area contributed by atoms with Crippen LogP contribution in [0.2, 0.25) is 0 Å². The lowest BCUT2D eigenvalue weighted by Gasteiger charge is -2.19. The molecule has 1 aliphatic carbocycles. The number of rotatable bonds is 6. The van der Waals surface area contributed by atoms with Gasteiger partial charge in [0.05, 0.1) is 12.0 Å². The van der Waals surface area contributed by atoms with Gasteiger partial charge in [-0.3, -0.25) is 4.79 Å².